The molecular weight excluding hydrogens is 276 g/mol. The van der Waals surface area contributed by atoms with Crippen molar-refractivity contribution >= 4 is 10.0 Å². The molecule has 0 aromatic carbocycles. The number of methoxy groups -OCH3 is 1. The van der Waals surface area contributed by atoms with Crippen molar-refractivity contribution in [2.24, 2.45) is 5.92 Å². The SMILES string of the molecule is COCCN(C(C)C1CC1)S(=O)(=O)CCCNC(C)C. The van der Waals surface area contributed by atoms with Crippen LogP contribution in [0.2, 0.25) is 0 Å². The highest BCUT2D eigenvalue weighted by Gasteiger charge is 2.36. The Morgan fingerprint density at radius 2 is 1.95 bits per heavy atom. The van der Waals surface area contributed by atoms with Gasteiger partial charge in [-0.15, -0.1) is 0 Å². The molecule has 120 valence electrons. The summed E-state index contributed by atoms with van der Waals surface area (Å²) in [6.45, 7) is 7.82. The maximum Gasteiger partial charge on any atom is 0.214 e. The maximum atomic E-state index is 12.5. The zero-order valence-electron chi connectivity index (χ0n) is 13.3. The third-order valence-electron chi connectivity index (χ3n) is 3.76. The van der Waals surface area contributed by atoms with E-state index in [1.54, 1.807) is 11.4 Å². The van der Waals surface area contributed by atoms with Crippen molar-refractivity contribution in [3.05, 3.63) is 0 Å². The van der Waals surface area contributed by atoms with Crippen LogP contribution >= 0.6 is 0 Å². The zero-order valence-corrected chi connectivity index (χ0v) is 14.1. The number of hydrogen-bond donors (Lipinski definition) is 1. The van der Waals surface area contributed by atoms with Gasteiger partial charge >= 0.3 is 0 Å². The average Bonchev–Trinajstić information content (AvgIpc) is 3.18. The first-order valence-electron chi connectivity index (χ1n) is 7.60. The number of hydrogen-bond acceptors (Lipinski definition) is 4. The van der Waals surface area contributed by atoms with Gasteiger partial charge in [-0.3, -0.25) is 0 Å². The average molecular weight is 306 g/mol. The minimum absolute atomic E-state index is 0.105. The Bertz CT molecular complexity index is 367. The quantitative estimate of drug-likeness (QED) is 0.587. The topological polar surface area (TPSA) is 58.6 Å². The fourth-order valence-corrected chi connectivity index (χ4v) is 4.13. The van der Waals surface area contributed by atoms with Gasteiger partial charge in [-0.1, -0.05) is 13.8 Å². The lowest BCUT2D eigenvalue weighted by Gasteiger charge is -2.28. The van der Waals surface area contributed by atoms with Crippen LogP contribution in [0.3, 0.4) is 0 Å². The fourth-order valence-electron chi connectivity index (χ4n) is 2.35. The zero-order chi connectivity index (χ0) is 15.2. The highest BCUT2D eigenvalue weighted by Crippen LogP contribution is 2.36. The number of nitrogens with zero attached hydrogens (tertiary/aromatic N) is 1. The Hall–Kier alpha value is -0.170. The molecule has 0 spiro atoms. The summed E-state index contributed by atoms with van der Waals surface area (Å²) in [5.74, 6) is 0.753. The van der Waals surface area contributed by atoms with Crippen molar-refractivity contribution in [2.75, 3.05) is 32.6 Å². The summed E-state index contributed by atoms with van der Waals surface area (Å²) >= 11 is 0. The first-order chi connectivity index (χ1) is 9.38. The van der Waals surface area contributed by atoms with Crippen molar-refractivity contribution < 1.29 is 13.2 Å². The standard InChI is InChI=1S/C14H30N2O3S/c1-12(2)15-8-5-11-20(17,18)16(9-10-19-4)13(3)14-6-7-14/h12-15H,5-11H2,1-4H3. The first-order valence-corrected chi connectivity index (χ1v) is 9.21. The largest absolute Gasteiger partial charge is 0.383 e. The molecule has 1 N–H and O–H groups in total. The van der Waals surface area contributed by atoms with Crippen molar-refractivity contribution in [2.45, 2.75) is 52.1 Å². The maximum absolute atomic E-state index is 12.5. The summed E-state index contributed by atoms with van der Waals surface area (Å²) in [5.41, 5.74) is 0. The first kappa shape index (κ1) is 17.9. The van der Waals surface area contributed by atoms with E-state index in [1.807, 2.05) is 6.92 Å². The molecule has 0 heterocycles. The van der Waals surface area contributed by atoms with Crippen LogP contribution in [0.5, 0.6) is 0 Å². The van der Waals surface area contributed by atoms with Crippen LogP contribution in [-0.4, -0.2) is 57.4 Å². The van der Waals surface area contributed by atoms with E-state index in [1.165, 1.54) is 0 Å². The lowest BCUT2D eigenvalue weighted by molar-refractivity contribution is 0.164. The van der Waals surface area contributed by atoms with Gasteiger partial charge in [0.1, 0.15) is 0 Å². The Labute approximate surface area is 124 Å². The summed E-state index contributed by atoms with van der Waals surface area (Å²) < 4.78 is 31.7. The van der Waals surface area contributed by atoms with Gasteiger partial charge in [0.15, 0.2) is 0 Å². The Morgan fingerprint density at radius 1 is 1.30 bits per heavy atom. The van der Waals surface area contributed by atoms with Gasteiger partial charge in [-0.25, -0.2) is 8.42 Å². The van der Waals surface area contributed by atoms with Crippen LogP contribution in [0, 0.1) is 5.92 Å². The molecule has 0 aromatic heterocycles. The fraction of sp³-hybridized carbons (Fsp3) is 1.00. The lowest BCUT2D eigenvalue weighted by atomic mass is 10.2. The second-order valence-corrected chi connectivity index (χ2v) is 8.00. The van der Waals surface area contributed by atoms with E-state index in [0.29, 0.717) is 31.5 Å². The number of nitrogens with one attached hydrogen (secondary N) is 1. The third kappa shape index (κ3) is 6.08. The number of ether oxygens (including phenoxy) is 1. The lowest BCUT2D eigenvalue weighted by Crippen LogP contribution is -2.43. The van der Waals surface area contributed by atoms with Gasteiger partial charge in [0.2, 0.25) is 10.0 Å². The predicted molar refractivity (Wildman–Crippen MR) is 82.3 cm³/mol. The Morgan fingerprint density at radius 3 is 2.45 bits per heavy atom. The molecule has 0 amide bonds. The molecule has 1 aliphatic carbocycles. The van der Waals surface area contributed by atoms with Crippen molar-refractivity contribution in [1.82, 2.24) is 9.62 Å². The summed E-state index contributed by atoms with van der Waals surface area (Å²) in [6, 6.07) is 0.501. The van der Waals surface area contributed by atoms with Crippen molar-refractivity contribution in [1.29, 1.82) is 0 Å². The molecule has 0 radical (unpaired) electrons. The van der Waals surface area contributed by atoms with Crippen molar-refractivity contribution in [3.8, 4) is 0 Å². The second kappa shape index (κ2) is 8.32. The minimum atomic E-state index is -3.18. The highest BCUT2D eigenvalue weighted by atomic mass is 32.2. The Balaban J connectivity index is 2.52. The van der Waals surface area contributed by atoms with Gasteiger partial charge in [0.05, 0.1) is 12.4 Å². The van der Waals surface area contributed by atoms with E-state index < -0.39 is 10.0 Å². The molecule has 1 fully saturated rings. The van der Waals surface area contributed by atoms with Crippen molar-refractivity contribution in [3.63, 3.8) is 0 Å². The molecule has 0 aromatic rings. The van der Waals surface area contributed by atoms with Crippen LogP contribution in [0.1, 0.15) is 40.0 Å². The normalized spacial score (nSPS) is 17.9. The minimum Gasteiger partial charge on any atom is -0.383 e. The van der Waals surface area contributed by atoms with Crippen LogP contribution in [0.25, 0.3) is 0 Å². The van der Waals surface area contributed by atoms with E-state index >= 15 is 0 Å². The number of rotatable bonds is 11. The van der Waals surface area contributed by atoms with Crippen LogP contribution in [0.4, 0.5) is 0 Å². The van der Waals surface area contributed by atoms with E-state index in [9.17, 15) is 8.42 Å². The number of sulfonamides is 1. The van der Waals surface area contributed by atoms with Gasteiger partial charge in [-0.05, 0) is 38.6 Å². The van der Waals surface area contributed by atoms with Gasteiger partial charge in [0.25, 0.3) is 0 Å². The monoisotopic (exact) mass is 306 g/mol. The van der Waals surface area contributed by atoms with Gasteiger partial charge in [0, 0.05) is 25.7 Å². The van der Waals surface area contributed by atoms with E-state index in [0.717, 1.165) is 19.4 Å². The molecule has 0 bridgehead atoms. The summed E-state index contributed by atoms with van der Waals surface area (Å²) in [7, 11) is -1.57. The van der Waals surface area contributed by atoms with Crippen LogP contribution in [0.15, 0.2) is 0 Å². The van der Waals surface area contributed by atoms with E-state index in [-0.39, 0.29) is 11.8 Å². The Kier molecular flexibility index (Phi) is 7.43. The molecule has 1 saturated carbocycles. The highest BCUT2D eigenvalue weighted by molar-refractivity contribution is 7.89. The third-order valence-corrected chi connectivity index (χ3v) is 5.80. The predicted octanol–water partition coefficient (Wildman–Crippen LogP) is 1.45. The van der Waals surface area contributed by atoms with Crippen LogP contribution < -0.4 is 5.32 Å². The summed E-state index contributed by atoms with van der Waals surface area (Å²) in [6.07, 6.45) is 2.95. The molecule has 1 unspecified atom stereocenters. The summed E-state index contributed by atoms with van der Waals surface area (Å²) in [4.78, 5) is 0. The molecule has 1 aliphatic rings. The molecule has 6 heteroatoms. The molecule has 1 rings (SSSR count). The molecule has 0 saturated heterocycles. The molecule has 0 aliphatic heterocycles. The molecule has 5 nitrogen and oxygen atoms in total. The van der Waals surface area contributed by atoms with Crippen LogP contribution in [-0.2, 0) is 14.8 Å². The van der Waals surface area contributed by atoms with Gasteiger partial charge < -0.3 is 10.1 Å². The molecule has 1 atom stereocenters. The summed E-state index contributed by atoms with van der Waals surface area (Å²) in [5, 5.41) is 3.26. The molecular formula is C14H30N2O3S. The smallest absolute Gasteiger partial charge is 0.214 e. The molecule has 20 heavy (non-hydrogen) atoms. The second-order valence-electron chi connectivity index (χ2n) is 5.96. The van der Waals surface area contributed by atoms with E-state index in [4.69, 9.17) is 4.74 Å². The van der Waals surface area contributed by atoms with E-state index in [2.05, 4.69) is 19.2 Å². The van der Waals surface area contributed by atoms with Gasteiger partial charge in [-0.2, -0.15) is 4.31 Å².